The van der Waals surface area contributed by atoms with Crippen molar-refractivity contribution in [2.24, 2.45) is 0 Å². The summed E-state index contributed by atoms with van der Waals surface area (Å²) in [7, 11) is 0. The van der Waals surface area contributed by atoms with Gasteiger partial charge in [-0.3, -0.25) is 9.59 Å². The number of nitrogens with zero attached hydrogens (tertiary/aromatic N) is 1. The van der Waals surface area contributed by atoms with Gasteiger partial charge in [0.1, 0.15) is 17.6 Å². The van der Waals surface area contributed by atoms with Crippen LogP contribution in [0.2, 0.25) is 5.02 Å². The lowest BCUT2D eigenvalue weighted by Crippen LogP contribution is -2.42. The topological polar surface area (TPSA) is 97.0 Å². The molecule has 4 rings (SSSR count). The second kappa shape index (κ2) is 8.43. The molecular weight excluding hydrogens is 422 g/mol. The van der Waals surface area contributed by atoms with Crippen LogP contribution < -0.4 is 10.2 Å². The molecule has 0 radical (unpaired) electrons. The van der Waals surface area contributed by atoms with E-state index in [1.54, 1.807) is 30.3 Å². The third-order valence-corrected chi connectivity index (χ3v) is 5.62. The van der Waals surface area contributed by atoms with Crippen molar-refractivity contribution in [1.82, 2.24) is 4.90 Å². The summed E-state index contributed by atoms with van der Waals surface area (Å²) in [5.74, 6) is -0.802. The third-order valence-electron chi connectivity index (χ3n) is 5.32. The summed E-state index contributed by atoms with van der Waals surface area (Å²) >= 11 is 6.21. The fourth-order valence-electron chi connectivity index (χ4n) is 3.77. The quantitative estimate of drug-likeness (QED) is 0.645. The lowest BCUT2D eigenvalue weighted by atomic mass is 10.1. The monoisotopic (exact) mass is 441 g/mol. The summed E-state index contributed by atoms with van der Waals surface area (Å²) in [5.41, 5.74) is 1.41. The molecule has 8 heteroatoms. The predicted molar refractivity (Wildman–Crippen MR) is 116 cm³/mol. The van der Waals surface area contributed by atoms with E-state index in [4.69, 9.17) is 20.8 Å². The molecule has 160 valence electrons. The van der Waals surface area contributed by atoms with Gasteiger partial charge in [-0.2, -0.15) is 0 Å². The zero-order chi connectivity index (χ0) is 22.1. The molecule has 0 aliphatic carbocycles. The van der Waals surface area contributed by atoms with Crippen molar-refractivity contribution in [3.8, 4) is 17.1 Å². The van der Waals surface area contributed by atoms with Crippen LogP contribution in [0, 0.1) is 6.92 Å². The van der Waals surface area contributed by atoms with E-state index in [1.165, 1.54) is 11.0 Å². The Hall–Kier alpha value is -3.32. The van der Waals surface area contributed by atoms with Crippen molar-refractivity contribution in [3.63, 3.8) is 0 Å². The van der Waals surface area contributed by atoms with Crippen LogP contribution in [-0.4, -0.2) is 41.1 Å². The number of amides is 1. The second-order valence-electron chi connectivity index (χ2n) is 7.46. The standard InChI is InChI=1S/C23H20ClNO6/c1-13-7-8-15(20-11-18(26)14-4-2-5-16(24)22(14)31-20)19(10-13)30-12-21(27)25-9-3-6-17(25)23(28)29/h2,4-5,7-8,10-11,17H,3,6,9,12H2,1H3,(H,28,29)/t17-/m0/s1. The minimum atomic E-state index is -1.02. The highest BCUT2D eigenvalue weighted by atomic mass is 35.5. The summed E-state index contributed by atoms with van der Waals surface area (Å²) in [4.78, 5) is 37.8. The molecule has 3 aromatic rings. The van der Waals surface area contributed by atoms with E-state index in [2.05, 4.69) is 0 Å². The van der Waals surface area contributed by atoms with Crippen molar-refractivity contribution >= 4 is 34.4 Å². The minimum Gasteiger partial charge on any atom is -0.483 e. The van der Waals surface area contributed by atoms with Crippen LogP contribution in [-0.2, 0) is 9.59 Å². The molecule has 0 saturated carbocycles. The number of rotatable bonds is 5. The number of carboxylic acids is 1. The Morgan fingerprint density at radius 1 is 1.26 bits per heavy atom. The van der Waals surface area contributed by atoms with Gasteiger partial charge in [0, 0.05) is 12.6 Å². The van der Waals surface area contributed by atoms with Gasteiger partial charge in [-0.25, -0.2) is 4.79 Å². The number of para-hydroxylation sites is 1. The SMILES string of the molecule is Cc1ccc(-c2cc(=O)c3cccc(Cl)c3o2)c(OCC(=O)N2CCC[C@H]2C(=O)O)c1. The van der Waals surface area contributed by atoms with Crippen LogP contribution in [0.25, 0.3) is 22.3 Å². The summed E-state index contributed by atoms with van der Waals surface area (Å²) in [6.45, 7) is 1.93. The van der Waals surface area contributed by atoms with Gasteiger partial charge >= 0.3 is 5.97 Å². The van der Waals surface area contributed by atoms with E-state index < -0.39 is 17.9 Å². The lowest BCUT2D eigenvalue weighted by Gasteiger charge is -2.22. The zero-order valence-electron chi connectivity index (χ0n) is 16.8. The van der Waals surface area contributed by atoms with Gasteiger partial charge in [0.15, 0.2) is 17.6 Å². The Morgan fingerprint density at radius 2 is 2.06 bits per heavy atom. The number of hydrogen-bond acceptors (Lipinski definition) is 5. The number of aryl methyl sites for hydroxylation is 1. The van der Waals surface area contributed by atoms with Crippen molar-refractivity contribution in [3.05, 3.63) is 63.3 Å². The molecule has 7 nitrogen and oxygen atoms in total. The molecule has 1 amide bonds. The Labute approximate surface area is 182 Å². The second-order valence-corrected chi connectivity index (χ2v) is 7.87. The van der Waals surface area contributed by atoms with Crippen LogP contribution >= 0.6 is 11.6 Å². The number of carboxylic acid groups (broad SMARTS) is 1. The average Bonchev–Trinajstić information content (AvgIpc) is 3.23. The molecular formula is C23H20ClNO6. The number of carbonyl (C=O) groups is 2. The zero-order valence-corrected chi connectivity index (χ0v) is 17.5. The highest BCUT2D eigenvalue weighted by Crippen LogP contribution is 2.33. The third kappa shape index (κ3) is 4.14. The smallest absolute Gasteiger partial charge is 0.326 e. The molecule has 0 spiro atoms. The molecule has 1 aliphatic rings. The Bertz CT molecular complexity index is 1230. The number of ether oxygens (including phenoxy) is 1. The van der Waals surface area contributed by atoms with Crippen molar-refractivity contribution in [2.75, 3.05) is 13.2 Å². The Kier molecular flexibility index (Phi) is 5.69. The molecule has 2 heterocycles. The van der Waals surface area contributed by atoms with Crippen LogP contribution in [0.3, 0.4) is 0 Å². The maximum Gasteiger partial charge on any atom is 0.326 e. The summed E-state index contributed by atoms with van der Waals surface area (Å²) in [5, 5.41) is 9.98. The van der Waals surface area contributed by atoms with E-state index in [-0.39, 0.29) is 23.4 Å². The summed E-state index contributed by atoms with van der Waals surface area (Å²) in [6.07, 6.45) is 1.07. The number of carbonyl (C=O) groups excluding carboxylic acids is 1. The summed E-state index contributed by atoms with van der Waals surface area (Å²) in [6, 6.07) is 10.8. The van der Waals surface area contributed by atoms with Gasteiger partial charge in [-0.1, -0.05) is 23.7 Å². The molecule has 1 atom stereocenters. The van der Waals surface area contributed by atoms with E-state index in [0.29, 0.717) is 41.1 Å². The number of halogens is 1. The largest absolute Gasteiger partial charge is 0.483 e. The highest BCUT2D eigenvalue weighted by molar-refractivity contribution is 6.34. The van der Waals surface area contributed by atoms with E-state index in [9.17, 15) is 19.5 Å². The first kappa shape index (κ1) is 20.9. The van der Waals surface area contributed by atoms with Crippen LogP contribution in [0.15, 0.2) is 51.7 Å². The first-order chi connectivity index (χ1) is 14.8. The van der Waals surface area contributed by atoms with Crippen LogP contribution in [0.1, 0.15) is 18.4 Å². The van der Waals surface area contributed by atoms with Gasteiger partial charge in [-0.05, 0) is 49.6 Å². The van der Waals surface area contributed by atoms with Gasteiger partial charge in [-0.15, -0.1) is 0 Å². The predicted octanol–water partition coefficient (Wildman–Crippen LogP) is 3.88. The van der Waals surface area contributed by atoms with Gasteiger partial charge in [0.05, 0.1) is 16.0 Å². The number of likely N-dealkylation sites (tertiary alicyclic amines) is 1. The molecule has 0 unspecified atom stereocenters. The minimum absolute atomic E-state index is 0.247. The molecule has 2 aromatic carbocycles. The number of benzene rings is 2. The van der Waals surface area contributed by atoms with Gasteiger partial charge in [0.25, 0.3) is 5.91 Å². The number of fused-ring (bicyclic) bond motifs is 1. The molecule has 1 aliphatic heterocycles. The first-order valence-electron chi connectivity index (χ1n) is 9.83. The fraction of sp³-hybridized carbons (Fsp3) is 0.261. The molecule has 1 fully saturated rings. The van der Waals surface area contributed by atoms with Crippen molar-refractivity contribution in [2.45, 2.75) is 25.8 Å². The van der Waals surface area contributed by atoms with E-state index >= 15 is 0 Å². The highest BCUT2D eigenvalue weighted by Gasteiger charge is 2.34. The molecule has 1 aromatic heterocycles. The molecule has 0 bridgehead atoms. The first-order valence-corrected chi connectivity index (χ1v) is 10.2. The van der Waals surface area contributed by atoms with Gasteiger partial charge in [0.2, 0.25) is 0 Å². The van der Waals surface area contributed by atoms with E-state index in [1.807, 2.05) is 13.0 Å². The average molecular weight is 442 g/mol. The molecule has 31 heavy (non-hydrogen) atoms. The lowest BCUT2D eigenvalue weighted by molar-refractivity contribution is -0.148. The maximum atomic E-state index is 12.6. The van der Waals surface area contributed by atoms with Crippen molar-refractivity contribution < 1.29 is 23.8 Å². The maximum absolute atomic E-state index is 12.6. The van der Waals surface area contributed by atoms with Crippen LogP contribution in [0.5, 0.6) is 5.75 Å². The van der Waals surface area contributed by atoms with E-state index in [0.717, 1.165) is 5.56 Å². The Balaban J connectivity index is 1.65. The fourth-order valence-corrected chi connectivity index (χ4v) is 3.99. The van der Waals surface area contributed by atoms with Crippen molar-refractivity contribution in [1.29, 1.82) is 0 Å². The molecule has 1 saturated heterocycles. The van der Waals surface area contributed by atoms with Crippen LogP contribution in [0.4, 0.5) is 0 Å². The molecule has 1 N–H and O–H groups in total. The number of hydrogen-bond donors (Lipinski definition) is 1. The van der Waals surface area contributed by atoms with Gasteiger partial charge < -0.3 is 19.2 Å². The number of aliphatic carboxylic acids is 1. The Morgan fingerprint density at radius 3 is 2.84 bits per heavy atom. The summed E-state index contributed by atoms with van der Waals surface area (Å²) < 4.78 is 11.7. The normalized spacial score (nSPS) is 15.9.